The molecule has 2 aromatic carbocycles. The largest absolute Gasteiger partial charge is 0.384 e. The summed E-state index contributed by atoms with van der Waals surface area (Å²) >= 11 is 0. The van der Waals surface area contributed by atoms with Crippen LogP contribution in [-0.2, 0) is 12.8 Å². The van der Waals surface area contributed by atoms with Gasteiger partial charge in [0.2, 0.25) is 0 Å². The average molecular weight is 322 g/mol. The maximum absolute atomic E-state index is 13.1. The van der Waals surface area contributed by atoms with Crippen molar-refractivity contribution in [1.82, 2.24) is 4.98 Å². The van der Waals surface area contributed by atoms with E-state index in [4.69, 9.17) is 5.73 Å². The molecule has 0 unspecified atom stereocenters. The first kappa shape index (κ1) is 16.4. The van der Waals surface area contributed by atoms with Crippen molar-refractivity contribution in [2.45, 2.75) is 38.5 Å². The van der Waals surface area contributed by atoms with E-state index < -0.39 is 0 Å². The number of benzene rings is 2. The fourth-order valence-electron chi connectivity index (χ4n) is 3.05. The zero-order chi connectivity index (χ0) is 16.8. The van der Waals surface area contributed by atoms with Crippen LogP contribution in [0.1, 0.15) is 36.8 Å². The summed E-state index contributed by atoms with van der Waals surface area (Å²) in [5.74, 6) is 0.425. The maximum Gasteiger partial charge on any atom is 0.124 e. The highest BCUT2D eigenvalue weighted by Gasteiger charge is 2.00. The summed E-state index contributed by atoms with van der Waals surface area (Å²) in [5, 5.41) is 1.15. The van der Waals surface area contributed by atoms with Crippen molar-refractivity contribution in [3.63, 3.8) is 0 Å². The van der Waals surface area contributed by atoms with Gasteiger partial charge in [-0.05, 0) is 73.2 Å². The number of rotatable bonds is 7. The molecule has 0 bridgehead atoms. The first-order chi connectivity index (χ1) is 11.7. The zero-order valence-corrected chi connectivity index (χ0v) is 13.8. The Balaban J connectivity index is 1.41. The number of halogens is 1. The van der Waals surface area contributed by atoms with Gasteiger partial charge in [-0.2, -0.15) is 0 Å². The molecule has 0 spiro atoms. The average Bonchev–Trinajstić information content (AvgIpc) is 2.58. The number of nitrogens with zero attached hydrogens (tertiary/aromatic N) is 1. The Morgan fingerprint density at radius 2 is 1.54 bits per heavy atom. The van der Waals surface area contributed by atoms with Crippen molar-refractivity contribution >= 4 is 16.7 Å². The molecule has 0 amide bonds. The van der Waals surface area contributed by atoms with Gasteiger partial charge in [0.15, 0.2) is 0 Å². The number of hydrogen-bond acceptors (Lipinski definition) is 2. The van der Waals surface area contributed by atoms with Crippen molar-refractivity contribution in [3.8, 4) is 0 Å². The lowest BCUT2D eigenvalue weighted by Gasteiger charge is -2.05. The molecule has 3 aromatic rings. The summed E-state index contributed by atoms with van der Waals surface area (Å²) in [6, 6.07) is 17.2. The lowest BCUT2D eigenvalue weighted by Crippen LogP contribution is -1.92. The van der Waals surface area contributed by atoms with Crippen molar-refractivity contribution < 1.29 is 4.39 Å². The third kappa shape index (κ3) is 4.54. The molecule has 1 heterocycles. The highest BCUT2D eigenvalue weighted by atomic mass is 19.1. The third-order valence-corrected chi connectivity index (χ3v) is 4.35. The SMILES string of the molecule is Nc1ccc2cc(CCCCCCc3cccc(F)c3)ccc2n1. The number of fused-ring (bicyclic) bond motifs is 1. The van der Waals surface area contributed by atoms with E-state index >= 15 is 0 Å². The molecule has 2 N–H and O–H groups in total. The molecule has 0 aliphatic carbocycles. The monoisotopic (exact) mass is 322 g/mol. The van der Waals surface area contributed by atoms with Gasteiger partial charge in [0.25, 0.3) is 0 Å². The molecule has 3 rings (SSSR count). The van der Waals surface area contributed by atoms with Crippen molar-refractivity contribution in [2.75, 3.05) is 5.73 Å². The normalized spacial score (nSPS) is 11.0. The van der Waals surface area contributed by atoms with E-state index in [0.717, 1.165) is 35.7 Å². The fraction of sp³-hybridized carbons (Fsp3) is 0.286. The van der Waals surface area contributed by atoms with E-state index in [9.17, 15) is 4.39 Å². The second-order valence-corrected chi connectivity index (χ2v) is 6.31. The minimum Gasteiger partial charge on any atom is -0.384 e. The fourth-order valence-corrected chi connectivity index (χ4v) is 3.05. The molecule has 2 nitrogen and oxygen atoms in total. The second-order valence-electron chi connectivity index (χ2n) is 6.31. The summed E-state index contributed by atoms with van der Waals surface area (Å²) in [4.78, 5) is 4.32. The topological polar surface area (TPSA) is 38.9 Å². The van der Waals surface area contributed by atoms with Crippen molar-refractivity contribution in [3.05, 3.63) is 71.5 Å². The Morgan fingerprint density at radius 3 is 2.29 bits per heavy atom. The van der Waals surface area contributed by atoms with Crippen LogP contribution in [0.2, 0.25) is 0 Å². The molecule has 1 aromatic heterocycles. The standard InChI is InChI=1S/C21H23FN2/c22-19-9-5-8-16(15-19)6-3-1-2-4-7-17-10-12-20-18(14-17)11-13-21(23)24-20/h5,8-15H,1-4,6-7H2,(H2,23,24). The van der Waals surface area contributed by atoms with Gasteiger partial charge in [-0.3, -0.25) is 0 Å². The Hall–Kier alpha value is -2.42. The number of unbranched alkanes of at least 4 members (excludes halogenated alkanes) is 3. The van der Waals surface area contributed by atoms with E-state index in [0.29, 0.717) is 5.82 Å². The predicted molar refractivity (Wildman–Crippen MR) is 98.4 cm³/mol. The Kier molecular flexibility index (Phi) is 5.42. The Bertz CT molecular complexity index is 814. The van der Waals surface area contributed by atoms with Gasteiger partial charge in [-0.25, -0.2) is 9.37 Å². The number of pyridine rings is 1. The van der Waals surface area contributed by atoms with Crippen LogP contribution in [0, 0.1) is 5.82 Å². The number of nitrogen functional groups attached to an aromatic ring is 1. The summed E-state index contributed by atoms with van der Waals surface area (Å²) in [7, 11) is 0. The van der Waals surface area contributed by atoms with E-state index in [2.05, 4.69) is 17.1 Å². The lowest BCUT2D eigenvalue weighted by atomic mass is 10.0. The van der Waals surface area contributed by atoms with Crippen LogP contribution in [0.3, 0.4) is 0 Å². The van der Waals surface area contributed by atoms with Gasteiger partial charge in [0.05, 0.1) is 5.52 Å². The van der Waals surface area contributed by atoms with Gasteiger partial charge in [0, 0.05) is 5.39 Å². The van der Waals surface area contributed by atoms with Crippen LogP contribution >= 0.6 is 0 Å². The second kappa shape index (κ2) is 7.91. The van der Waals surface area contributed by atoms with Crippen LogP contribution in [0.4, 0.5) is 10.2 Å². The Morgan fingerprint density at radius 1 is 0.792 bits per heavy atom. The summed E-state index contributed by atoms with van der Waals surface area (Å²) in [5.41, 5.74) is 9.10. The molecule has 0 saturated carbocycles. The van der Waals surface area contributed by atoms with E-state index in [1.165, 1.54) is 30.9 Å². The maximum atomic E-state index is 13.1. The number of nitrogens with two attached hydrogens (primary N) is 1. The van der Waals surface area contributed by atoms with Crippen LogP contribution < -0.4 is 5.73 Å². The molecular formula is C21H23FN2. The smallest absolute Gasteiger partial charge is 0.124 e. The summed E-state index contributed by atoms with van der Waals surface area (Å²) in [6.07, 6.45) is 6.72. The highest BCUT2D eigenvalue weighted by Crippen LogP contribution is 2.18. The first-order valence-electron chi connectivity index (χ1n) is 8.60. The molecular weight excluding hydrogens is 299 g/mol. The lowest BCUT2D eigenvalue weighted by molar-refractivity contribution is 0.618. The van der Waals surface area contributed by atoms with Gasteiger partial charge in [0.1, 0.15) is 11.6 Å². The number of anilines is 1. The minimum atomic E-state index is -0.139. The number of aromatic nitrogens is 1. The zero-order valence-electron chi connectivity index (χ0n) is 13.8. The highest BCUT2D eigenvalue weighted by molar-refractivity contribution is 5.80. The van der Waals surface area contributed by atoms with Crippen LogP contribution in [-0.4, -0.2) is 4.98 Å². The molecule has 0 radical (unpaired) electrons. The number of aryl methyl sites for hydroxylation is 2. The minimum absolute atomic E-state index is 0.139. The summed E-state index contributed by atoms with van der Waals surface area (Å²) in [6.45, 7) is 0. The van der Waals surface area contributed by atoms with Gasteiger partial charge in [-0.1, -0.05) is 31.0 Å². The quantitative estimate of drug-likeness (QED) is 0.599. The summed E-state index contributed by atoms with van der Waals surface area (Å²) < 4.78 is 13.1. The first-order valence-corrected chi connectivity index (χ1v) is 8.60. The molecule has 0 atom stereocenters. The molecule has 3 heteroatoms. The van der Waals surface area contributed by atoms with Crippen LogP contribution in [0.15, 0.2) is 54.6 Å². The molecule has 124 valence electrons. The van der Waals surface area contributed by atoms with E-state index in [-0.39, 0.29) is 5.82 Å². The predicted octanol–water partition coefficient (Wildman–Crippen LogP) is 5.30. The molecule has 0 aliphatic rings. The van der Waals surface area contributed by atoms with E-state index in [1.54, 1.807) is 12.1 Å². The molecule has 0 saturated heterocycles. The number of hydrogen-bond donors (Lipinski definition) is 1. The van der Waals surface area contributed by atoms with Crippen LogP contribution in [0.25, 0.3) is 10.9 Å². The molecule has 0 fully saturated rings. The van der Waals surface area contributed by atoms with Crippen molar-refractivity contribution in [2.24, 2.45) is 0 Å². The Labute approximate surface area is 142 Å². The third-order valence-electron chi connectivity index (χ3n) is 4.35. The van der Waals surface area contributed by atoms with Crippen molar-refractivity contribution in [1.29, 1.82) is 0 Å². The van der Waals surface area contributed by atoms with E-state index in [1.807, 2.05) is 24.3 Å². The van der Waals surface area contributed by atoms with Crippen LogP contribution in [0.5, 0.6) is 0 Å². The molecule has 24 heavy (non-hydrogen) atoms. The van der Waals surface area contributed by atoms with Gasteiger partial charge in [-0.15, -0.1) is 0 Å². The molecule has 0 aliphatic heterocycles. The van der Waals surface area contributed by atoms with Gasteiger partial charge < -0.3 is 5.73 Å². The van der Waals surface area contributed by atoms with Gasteiger partial charge >= 0.3 is 0 Å².